The Morgan fingerprint density at radius 1 is 1.04 bits per heavy atom. The average Bonchev–Trinajstić information content (AvgIpc) is 2.65. The molecular formula is C21H24N4O. The van der Waals surface area contributed by atoms with Gasteiger partial charge in [-0.1, -0.05) is 24.3 Å². The summed E-state index contributed by atoms with van der Waals surface area (Å²) in [4.78, 5) is 23.3. The molecule has 0 fully saturated rings. The van der Waals surface area contributed by atoms with E-state index in [0.717, 1.165) is 28.1 Å². The van der Waals surface area contributed by atoms with E-state index in [-0.39, 0.29) is 11.9 Å². The molecule has 0 atom stereocenters. The number of hydrogen-bond donors (Lipinski definition) is 1. The number of amides is 1. The van der Waals surface area contributed by atoms with Gasteiger partial charge in [-0.05, 0) is 50.6 Å². The highest BCUT2D eigenvalue weighted by molar-refractivity contribution is 5.94. The molecule has 0 radical (unpaired) electrons. The van der Waals surface area contributed by atoms with Crippen LogP contribution in [0.5, 0.6) is 0 Å². The molecule has 2 aromatic carbocycles. The molecule has 1 aromatic heterocycles. The molecule has 0 saturated heterocycles. The monoisotopic (exact) mass is 348 g/mol. The first-order valence-electron chi connectivity index (χ1n) is 8.79. The Balaban J connectivity index is 1.70. The molecule has 0 bridgehead atoms. The summed E-state index contributed by atoms with van der Waals surface area (Å²) in [6.07, 6.45) is 0. The van der Waals surface area contributed by atoms with Crippen molar-refractivity contribution in [3.05, 3.63) is 65.4 Å². The van der Waals surface area contributed by atoms with Crippen LogP contribution in [0.15, 0.2) is 48.5 Å². The van der Waals surface area contributed by atoms with Crippen molar-refractivity contribution in [1.29, 1.82) is 0 Å². The van der Waals surface area contributed by atoms with Crippen molar-refractivity contribution in [2.24, 2.45) is 0 Å². The van der Waals surface area contributed by atoms with Gasteiger partial charge in [-0.3, -0.25) is 4.79 Å². The number of nitrogens with one attached hydrogen (secondary N) is 1. The van der Waals surface area contributed by atoms with E-state index in [2.05, 4.69) is 15.3 Å². The summed E-state index contributed by atoms with van der Waals surface area (Å²) in [5.74, 6) is 0.819. The van der Waals surface area contributed by atoms with Gasteiger partial charge in [-0.25, -0.2) is 9.97 Å². The maximum Gasteiger partial charge on any atom is 0.253 e. The fraction of sp³-hybridized carbons (Fsp3) is 0.286. The number of hydrogen-bond acceptors (Lipinski definition) is 4. The number of fused-ring (bicyclic) bond motifs is 1. The molecule has 0 aliphatic carbocycles. The minimum absolute atomic E-state index is 0.0377. The molecule has 5 nitrogen and oxygen atoms in total. The number of anilines is 1. The quantitative estimate of drug-likeness (QED) is 0.756. The van der Waals surface area contributed by atoms with Gasteiger partial charge in [0.2, 0.25) is 0 Å². The van der Waals surface area contributed by atoms with Crippen LogP contribution in [0.25, 0.3) is 11.0 Å². The van der Waals surface area contributed by atoms with Crippen molar-refractivity contribution in [3.63, 3.8) is 0 Å². The zero-order chi connectivity index (χ0) is 18.7. The van der Waals surface area contributed by atoms with Gasteiger partial charge in [-0.2, -0.15) is 0 Å². The summed E-state index contributed by atoms with van der Waals surface area (Å²) in [6.45, 7) is 6.58. The fourth-order valence-electron chi connectivity index (χ4n) is 2.64. The van der Waals surface area contributed by atoms with Gasteiger partial charge in [0.05, 0.1) is 16.7 Å². The summed E-state index contributed by atoms with van der Waals surface area (Å²) in [7, 11) is 1.82. The minimum Gasteiger partial charge on any atom is -0.364 e. The highest BCUT2D eigenvalue weighted by Crippen LogP contribution is 2.17. The van der Waals surface area contributed by atoms with Crippen molar-refractivity contribution in [1.82, 2.24) is 14.9 Å². The summed E-state index contributed by atoms with van der Waals surface area (Å²) >= 11 is 0. The van der Waals surface area contributed by atoms with Crippen LogP contribution in [0.3, 0.4) is 0 Å². The number of carbonyl (C=O) groups is 1. The van der Waals surface area contributed by atoms with Gasteiger partial charge in [0, 0.05) is 25.2 Å². The maximum atomic E-state index is 12.3. The third-order valence-electron chi connectivity index (χ3n) is 4.50. The van der Waals surface area contributed by atoms with Crippen molar-refractivity contribution in [3.8, 4) is 0 Å². The molecule has 5 heteroatoms. The summed E-state index contributed by atoms with van der Waals surface area (Å²) in [6, 6.07) is 15.7. The van der Waals surface area contributed by atoms with E-state index in [1.54, 1.807) is 4.90 Å². The van der Waals surface area contributed by atoms with E-state index in [1.807, 2.05) is 76.3 Å². The Bertz CT molecular complexity index is 919. The normalized spacial score (nSPS) is 11.0. The largest absolute Gasteiger partial charge is 0.364 e. The summed E-state index contributed by atoms with van der Waals surface area (Å²) in [5.41, 5.74) is 4.43. The molecule has 3 aromatic rings. The highest BCUT2D eigenvalue weighted by Gasteiger charge is 2.14. The number of aromatic nitrogens is 2. The maximum absolute atomic E-state index is 12.3. The molecule has 0 aliphatic rings. The van der Waals surface area contributed by atoms with Crippen LogP contribution in [0, 0.1) is 6.92 Å². The fourth-order valence-corrected chi connectivity index (χ4v) is 2.64. The van der Waals surface area contributed by atoms with E-state index < -0.39 is 0 Å². The van der Waals surface area contributed by atoms with Gasteiger partial charge in [0.1, 0.15) is 5.82 Å². The Morgan fingerprint density at radius 2 is 1.65 bits per heavy atom. The molecule has 1 N–H and O–H groups in total. The van der Waals surface area contributed by atoms with E-state index in [4.69, 9.17) is 0 Å². The number of carbonyl (C=O) groups excluding carboxylic acids is 1. The topological polar surface area (TPSA) is 58.1 Å². The highest BCUT2D eigenvalue weighted by atomic mass is 16.2. The van der Waals surface area contributed by atoms with Gasteiger partial charge >= 0.3 is 0 Å². The van der Waals surface area contributed by atoms with Crippen molar-refractivity contribution in [2.75, 3.05) is 12.4 Å². The second-order valence-electron chi connectivity index (χ2n) is 6.71. The standard InChI is InChI=1S/C21H24N4O/c1-14(2)25(4)21(26)17-11-9-16(10-12-17)13-22-20-15(3)23-18-7-5-6-8-19(18)24-20/h5-12,14H,13H2,1-4H3,(H,22,24). The zero-order valence-corrected chi connectivity index (χ0v) is 15.7. The smallest absolute Gasteiger partial charge is 0.253 e. The zero-order valence-electron chi connectivity index (χ0n) is 15.7. The Labute approximate surface area is 154 Å². The lowest BCUT2D eigenvalue weighted by Crippen LogP contribution is -2.32. The van der Waals surface area contributed by atoms with Crippen LogP contribution >= 0.6 is 0 Å². The number of aryl methyl sites for hydroxylation is 1. The molecule has 0 unspecified atom stereocenters. The van der Waals surface area contributed by atoms with Crippen LogP contribution in [-0.4, -0.2) is 33.9 Å². The van der Waals surface area contributed by atoms with Crippen LogP contribution in [-0.2, 0) is 6.54 Å². The van der Waals surface area contributed by atoms with Crippen molar-refractivity contribution >= 4 is 22.8 Å². The van der Waals surface area contributed by atoms with Crippen LogP contribution in [0.4, 0.5) is 5.82 Å². The molecule has 1 amide bonds. The predicted octanol–water partition coefficient (Wildman–Crippen LogP) is 4.03. The first-order chi connectivity index (χ1) is 12.5. The first-order valence-corrected chi connectivity index (χ1v) is 8.79. The lowest BCUT2D eigenvalue weighted by molar-refractivity contribution is 0.0755. The predicted molar refractivity (Wildman–Crippen MR) is 105 cm³/mol. The minimum atomic E-state index is 0.0377. The first kappa shape index (κ1) is 17.9. The number of benzene rings is 2. The van der Waals surface area contributed by atoms with E-state index in [9.17, 15) is 4.79 Å². The molecule has 0 aliphatic heterocycles. The van der Waals surface area contributed by atoms with Crippen LogP contribution in [0.2, 0.25) is 0 Å². The van der Waals surface area contributed by atoms with Crippen molar-refractivity contribution < 1.29 is 4.79 Å². The third-order valence-corrected chi connectivity index (χ3v) is 4.50. The molecule has 0 spiro atoms. The molecule has 134 valence electrons. The molecular weight excluding hydrogens is 324 g/mol. The average molecular weight is 348 g/mol. The van der Waals surface area contributed by atoms with Crippen molar-refractivity contribution in [2.45, 2.75) is 33.4 Å². The number of nitrogens with zero attached hydrogens (tertiary/aromatic N) is 3. The van der Waals surface area contributed by atoms with Gasteiger partial charge in [0.15, 0.2) is 0 Å². The van der Waals surface area contributed by atoms with E-state index in [1.165, 1.54) is 0 Å². The molecule has 1 heterocycles. The Morgan fingerprint density at radius 3 is 2.27 bits per heavy atom. The van der Waals surface area contributed by atoms with Gasteiger partial charge in [-0.15, -0.1) is 0 Å². The summed E-state index contributed by atoms with van der Waals surface area (Å²) in [5, 5.41) is 3.34. The molecule has 26 heavy (non-hydrogen) atoms. The lowest BCUT2D eigenvalue weighted by atomic mass is 10.1. The second-order valence-corrected chi connectivity index (χ2v) is 6.71. The van der Waals surface area contributed by atoms with E-state index in [0.29, 0.717) is 12.1 Å². The van der Waals surface area contributed by atoms with Crippen LogP contribution in [0.1, 0.15) is 35.5 Å². The number of para-hydroxylation sites is 2. The Kier molecular flexibility index (Phi) is 5.16. The number of rotatable bonds is 5. The lowest BCUT2D eigenvalue weighted by Gasteiger charge is -2.21. The summed E-state index contributed by atoms with van der Waals surface area (Å²) < 4.78 is 0. The van der Waals surface area contributed by atoms with Gasteiger partial charge in [0.25, 0.3) is 5.91 Å². The Hall–Kier alpha value is -2.95. The van der Waals surface area contributed by atoms with E-state index >= 15 is 0 Å². The third kappa shape index (κ3) is 3.82. The SMILES string of the molecule is Cc1nc2ccccc2nc1NCc1ccc(C(=O)N(C)C(C)C)cc1. The second kappa shape index (κ2) is 7.52. The van der Waals surface area contributed by atoms with Gasteiger partial charge < -0.3 is 10.2 Å². The van der Waals surface area contributed by atoms with Crippen LogP contribution < -0.4 is 5.32 Å². The molecule has 3 rings (SSSR count). The molecule has 0 saturated carbocycles.